The molecule has 108 valence electrons. The summed E-state index contributed by atoms with van der Waals surface area (Å²) in [5.74, 6) is 0. The summed E-state index contributed by atoms with van der Waals surface area (Å²) in [6.45, 7) is 6.43. The van der Waals surface area contributed by atoms with Crippen LogP contribution in [-0.2, 0) is 15.9 Å². The van der Waals surface area contributed by atoms with Crippen molar-refractivity contribution in [1.29, 1.82) is 0 Å². The Hall–Kier alpha value is -0.900. The predicted octanol–water partition coefficient (Wildman–Crippen LogP) is 3.25. The van der Waals surface area contributed by atoms with Crippen LogP contribution < -0.4 is 0 Å². The molecule has 0 atom stereocenters. The second kappa shape index (κ2) is 9.08. The molecular formula is C16H27NO2. The molecule has 0 saturated heterocycles. The van der Waals surface area contributed by atoms with Crippen molar-refractivity contribution in [1.82, 2.24) is 4.90 Å². The van der Waals surface area contributed by atoms with Crippen molar-refractivity contribution < 1.29 is 9.47 Å². The highest BCUT2D eigenvalue weighted by Crippen LogP contribution is 2.20. The maximum absolute atomic E-state index is 5.64. The fourth-order valence-electron chi connectivity index (χ4n) is 2.04. The van der Waals surface area contributed by atoms with Gasteiger partial charge in [0.1, 0.15) is 0 Å². The SMILES string of the molecule is CCOC(OCC)c1cccc(CCCN(C)C)c1. The van der Waals surface area contributed by atoms with Gasteiger partial charge in [0.15, 0.2) is 6.29 Å². The lowest BCUT2D eigenvalue weighted by molar-refractivity contribution is -0.140. The first-order valence-electron chi connectivity index (χ1n) is 7.14. The standard InChI is InChI=1S/C16H27NO2/c1-5-18-16(19-6-2)15-11-7-9-14(13-15)10-8-12-17(3)4/h7,9,11,13,16H,5-6,8,10,12H2,1-4H3. The molecule has 3 nitrogen and oxygen atoms in total. The van der Waals surface area contributed by atoms with E-state index in [4.69, 9.17) is 9.47 Å². The summed E-state index contributed by atoms with van der Waals surface area (Å²) in [5.41, 5.74) is 2.47. The summed E-state index contributed by atoms with van der Waals surface area (Å²) in [7, 11) is 4.22. The van der Waals surface area contributed by atoms with Crippen molar-refractivity contribution in [2.24, 2.45) is 0 Å². The summed E-state index contributed by atoms with van der Waals surface area (Å²) in [6.07, 6.45) is 2.03. The van der Waals surface area contributed by atoms with E-state index in [0.717, 1.165) is 18.5 Å². The Kier molecular flexibility index (Phi) is 7.72. The highest BCUT2D eigenvalue weighted by molar-refractivity contribution is 5.24. The quantitative estimate of drug-likeness (QED) is 0.640. The lowest BCUT2D eigenvalue weighted by Gasteiger charge is -2.18. The molecule has 0 heterocycles. The van der Waals surface area contributed by atoms with Crippen molar-refractivity contribution in [3.8, 4) is 0 Å². The van der Waals surface area contributed by atoms with Gasteiger partial charge in [-0.2, -0.15) is 0 Å². The molecule has 0 saturated carbocycles. The summed E-state index contributed by atoms with van der Waals surface area (Å²) in [5, 5.41) is 0. The number of nitrogens with zero attached hydrogens (tertiary/aromatic N) is 1. The molecule has 19 heavy (non-hydrogen) atoms. The minimum Gasteiger partial charge on any atom is -0.349 e. The van der Waals surface area contributed by atoms with Crippen LogP contribution in [-0.4, -0.2) is 38.8 Å². The van der Waals surface area contributed by atoms with E-state index in [9.17, 15) is 0 Å². The predicted molar refractivity (Wildman–Crippen MR) is 79.3 cm³/mol. The van der Waals surface area contributed by atoms with Crippen molar-refractivity contribution in [2.45, 2.75) is 33.0 Å². The number of ether oxygens (including phenoxy) is 2. The summed E-state index contributed by atoms with van der Waals surface area (Å²) < 4.78 is 11.3. The molecule has 1 rings (SSSR count). The van der Waals surface area contributed by atoms with Gasteiger partial charge in [0.2, 0.25) is 0 Å². The Bertz CT molecular complexity index is 346. The van der Waals surface area contributed by atoms with Gasteiger partial charge in [0.05, 0.1) is 0 Å². The van der Waals surface area contributed by atoms with Crippen molar-refractivity contribution in [3.63, 3.8) is 0 Å². The van der Waals surface area contributed by atoms with Crippen LogP contribution in [0.4, 0.5) is 0 Å². The molecule has 1 aromatic rings. The van der Waals surface area contributed by atoms with Gasteiger partial charge in [-0.1, -0.05) is 24.3 Å². The highest BCUT2D eigenvalue weighted by atomic mass is 16.7. The number of hydrogen-bond donors (Lipinski definition) is 0. The van der Waals surface area contributed by atoms with Gasteiger partial charge < -0.3 is 14.4 Å². The molecule has 0 bridgehead atoms. The normalized spacial score (nSPS) is 11.5. The molecule has 0 aliphatic rings. The largest absolute Gasteiger partial charge is 0.349 e. The average Bonchev–Trinajstić information content (AvgIpc) is 2.38. The molecule has 0 aliphatic heterocycles. The van der Waals surface area contributed by atoms with Gasteiger partial charge in [-0.05, 0) is 52.9 Å². The lowest BCUT2D eigenvalue weighted by Crippen LogP contribution is -2.13. The first-order chi connectivity index (χ1) is 9.17. The Balaban J connectivity index is 2.63. The molecule has 0 aromatic heterocycles. The molecule has 0 spiro atoms. The fourth-order valence-corrected chi connectivity index (χ4v) is 2.04. The van der Waals surface area contributed by atoms with E-state index in [1.807, 2.05) is 13.8 Å². The van der Waals surface area contributed by atoms with Gasteiger partial charge >= 0.3 is 0 Å². The van der Waals surface area contributed by atoms with Gasteiger partial charge in [-0.3, -0.25) is 0 Å². The molecule has 0 amide bonds. The Morgan fingerprint density at radius 2 is 1.79 bits per heavy atom. The van der Waals surface area contributed by atoms with E-state index >= 15 is 0 Å². The second-order valence-corrected chi connectivity index (χ2v) is 4.89. The third kappa shape index (κ3) is 6.19. The summed E-state index contributed by atoms with van der Waals surface area (Å²) >= 11 is 0. The zero-order valence-electron chi connectivity index (χ0n) is 12.7. The Morgan fingerprint density at radius 3 is 2.37 bits per heavy atom. The van der Waals surface area contributed by atoms with Crippen LogP contribution in [0.15, 0.2) is 24.3 Å². The molecular weight excluding hydrogens is 238 g/mol. The maximum atomic E-state index is 5.64. The molecule has 0 N–H and O–H groups in total. The van der Waals surface area contributed by atoms with Gasteiger partial charge in [-0.15, -0.1) is 0 Å². The van der Waals surface area contributed by atoms with Crippen LogP contribution >= 0.6 is 0 Å². The Morgan fingerprint density at radius 1 is 1.11 bits per heavy atom. The van der Waals surface area contributed by atoms with Crippen LogP contribution in [0, 0.1) is 0 Å². The van der Waals surface area contributed by atoms with E-state index < -0.39 is 0 Å². The number of aryl methyl sites for hydroxylation is 1. The first-order valence-corrected chi connectivity index (χ1v) is 7.14. The first kappa shape index (κ1) is 16.2. The third-order valence-electron chi connectivity index (χ3n) is 2.93. The summed E-state index contributed by atoms with van der Waals surface area (Å²) in [6, 6.07) is 8.54. The minimum absolute atomic E-state index is 0.233. The van der Waals surface area contributed by atoms with Crippen molar-refractivity contribution in [2.75, 3.05) is 33.9 Å². The molecule has 1 aromatic carbocycles. The van der Waals surface area contributed by atoms with Crippen molar-refractivity contribution in [3.05, 3.63) is 35.4 Å². The molecule has 0 unspecified atom stereocenters. The molecule has 0 radical (unpaired) electrons. The van der Waals surface area contributed by atoms with Crippen LogP contribution in [0.2, 0.25) is 0 Å². The molecule has 3 heteroatoms. The minimum atomic E-state index is -0.233. The van der Waals surface area contributed by atoms with E-state index in [1.165, 1.54) is 12.0 Å². The van der Waals surface area contributed by atoms with E-state index in [1.54, 1.807) is 0 Å². The van der Waals surface area contributed by atoms with E-state index in [-0.39, 0.29) is 6.29 Å². The van der Waals surface area contributed by atoms with Crippen LogP contribution in [0.1, 0.15) is 37.7 Å². The Labute approximate surface area is 117 Å². The number of rotatable bonds is 9. The zero-order valence-corrected chi connectivity index (χ0v) is 12.7. The van der Waals surface area contributed by atoms with Crippen LogP contribution in [0.5, 0.6) is 0 Å². The highest BCUT2D eigenvalue weighted by Gasteiger charge is 2.11. The van der Waals surface area contributed by atoms with Crippen LogP contribution in [0.3, 0.4) is 0 Å². The lowest BCUT2D eigenvalue weighted by atomic mass is 10.1. The topological polar surface area (TPSA) is 21.7 Å². The third-order valence-corrected chi connectivity index (χ3v) is 2.93. The zero-order chi connectivity index (χ0) is 14.1. The number of hydrogen-bond acceptors (Lipinski definition) is 3. The second-order valence-electron chi connectivity index (χ2n) is 4.89. The van der Waals surface area contributed by atoms with Crippen LogP contribution in [0.25, 0.3) is 0 Å². The molecule has 0 fully saturated rings. The van der Waals surface area contributed by atoms with Crippen molar-refractivity contribution >= 4 is 0 Å². The molecule has 0 aliphatic carbocycles. The fraction of sp³-hybridized carbons (Fsp3) is 0.625. The smallest absolute Gasteiger partial charge is 0.183 e. The summed E-state index contributed by atoms with van der Waals surface area (Å²) in [4.78, 5) is 2.22. The van der Waals surface area contributed by atoms with Gasteiger partial charge in [-0.25, -0.2) is 0 Å². The average molecular weight is 265 g/mol. The monoisotopic (exact) mass is 265 g/mol. The van der Waals surface area contributed by atoms with Gasteiger partial charge in [0.25, 0.3) is 0 Å². The number of benzene rings is 1. The van der Waals surface area contributed by atoms with E-state index in [0.29, 0.717) is 13.2 Å². The maximum Gasteiger partial charge on any atom is 0.183 e. The van der Waals surface area contributed by atoms with E-state index in [2.05, 4.69) is 43.3 Å². The van der Waals surface area contributed by atoms with Gasteiger partial charge in [0, 0.05) is 18.8 Å².